The average Bonchev–Trinajstić information content (AvgIpc) is 2.90. The van der Waals surface area contributed by atoms with Gasteiger partial charge in [-0.3, -0.25) is 4.40 Å². The quantitative estimate of drug-likeness (QED) is 0.788. The summed E-state index contributed by atoms with van der Waals surface area (Å²) in [6.07, 6.45) is 5.14. The van der Waals surface area contributed by atoms with Crippen molar-refractivity contribution in [2.75, 3.05) is 7.11 Å². The average molecular weight is 269 g/mol. The molecule has 0 fully saturated rings. The number of methoxy groups -OCH3 is 1. The van der Waals surface area contributed by atoms with Crippen LogP contribution in [0.2, 0.25) is 0 Å². The Balaban J connectivity index is 2.15. The van der Waals surface area contributed by atoms with Crippen LogP contribution in [0, 0.1) is 0 Å². The number of aromatic nitrogens is 3. The molecule has 3 aromatic rings. The van der Waals surface area contributed by atoms with Crippen molar-refractivity contribution in [2.45, 2.75) is 0 Å². The van der Waals surface area contributed by atoms with E-state index in [0.717, 1.165) is 11.2 Å². The Hall–Kier alpha value is -2.89. The van der Waals surface area contributed by atoms with Crippen LogP contribution in [0.1, 0.15) is 10.4 Å². The molecule has 0 saturated carbocycles. The highest BCUT2D eigenvalue weighted by Crippen LogP contribution is 2.30. The minimum absolute atomic E-state index is 0.177. The summed E-state index contributed by atoms with van der Waals surface area (Å²) in [5.41, 5.74) is 2.38. The second-order valence-corrected chi connectivity index (χ2v) is 4.19. The highest BCUT2D eigenvalue weighted by Gasteiger charge is 2.13. The van der Waals surface area contributed by atoms with Gasteiger partial charge in [0.2, 0.25) is 0 Å². The SMILES string of the molecule is COc1cc(C(=O)O)ccc1-c1cn2cnccc2n1. The van der Waals surface area contributed by atoms with Gasteiger partial charge in [0, 0.05) is 18.0 Å². The number of rotatable bonds is 3. The summed E-state index contributed by atoms with van der Waals surface area (Å²) in [5, 5.41) is 9.00. The number of nitrogens with zero attached hydrogens (tertiary/aromatic N) is 3. The predicted octanol–water partition coefficient (Wildman–Crippen LogP) is 2.10. The number of carboxylic acids is 1. The summed E-state index contributed by atoms with van der Waals surface area (Å²) in [6, 6.07) is 6.50. The minimum atomic E-state index is -0.992. The zero-order chi connectivity index (χ0) is 14.1. The van der Waals surface area contributed by atoms with Gasteiger partial charge < -0.3 is 9.84 Å². The Bertz CT molecular complexity index is 762. The van der Waals surface area contributed by atoms with Gasteiger partial charge >= 0.3 is 5.97 Å². The van der Waals surface area contributed by atoms with Crippen LogP contribution in [0.4, 0.5) is 0 Å². The normalized spacial score (nSPS) is 10.7. The lowest BCUT2D eigenvalue weighted by molar-refractivity contribution is 0.0696. The van der Waals surface area contributed by atoms with Gasteiger partial charge in [-0.15, -0.1) is 0 Å². The zero-order valence-electron chi connectivity index (χ0n) is 10.6. The van der Waals surface area contributed by atoms with Crippen LogP contribution in [-0.2, 0) is 0 Å². The standard InChI is InChI=1S/C14H11N3O3/c1-20-12-6-9(14(18)19)2-3-10(12)11-7-17-8-15-5-4-13(17)16-11/h2-8H,1H3,(H,18,19). The van der Waals surface area contributed by atoms with Crippen LogP contribution in [0.5, 0.6) is 5.75 Å². The molecule has 1 aromatic carbocycles. The molecule has 2 heterocycles. The van der Waals surface area contributed by atoms with Gasteiger partial charge in [-0.25, -0.2) is 14.8 Å². The molecule has 6 heteroatoms. The van der Waals surface area contributed by atoms with E-state index in [-0.39, 0.29) is 5.56 Å². The molecule has 20 heavy (non-hydrogen) atoms. The Kier molecular flexibility index (Phi) is 2.83. The second-order valence-electron chi connectivity index (χ2n) is 4.19. The number of fused-ring (bicyclic) bond motifs is 1. The Labute approximate surface area is 114 Å². The molecule has 0 bridgehead atoms. The van der Waals surface area contributed by atoms with Crippen molar-refractivity contribution in [3.05, 3.63) is 48.5 Å². The van der Waals surface area contributed by atoms with E-state index < -0.39 is 5.97 Å². The maximum absolute atomic E-state index is 11.0. The molecular formula is C14H11N3O3. The Morgan fingerprint density at radius 3 is 2.90 bits per heavy atom. The molecule has 0 saturated heterocycles. The second kappa shape index (κ2) is 4.65. The Morgan fingerprint density at radius 2 is 2.20 bits per heavy atom. The first-order valence-electron chi connectivity index (χ1n) is 5.89. The van der Waals surface area contributed by atoms with Gasteiger partial charge in [0.05, 0.1) is 18.4 Å². The number of ether oxygens (including phenoxy) is 1. The van der Waals surface area contributed by atoms with Crippen molar-refractivity contribution in [3.63, 3.8) is 0 Å². The maximum Gasteiger partial charge on any atom is 0.335 e. The lowest BCUT2D eigenvalue weighted by Crippen LogP contribution is -1.98. The van der Waals surface area contributed by atoms with Crippen LogP contribution in [-0.4, -0.2) is 32.6 Å². The van der Waals surface area contributed by atoms with Crippen molar-refractivity contribution in [3.8, 4) is 17.0 Å². The summed E-state index contributed by atoms with van der Waals surface area (Å²) in [7, 11) is 1.50. The minimum Gasteiger partial charge on any atom is -0.496 e. The highest BCUT2D eigenvalue weighted by molar-refractivity contribution is 5.89. The largest absolute Gasteiger partial charge is 0.496 e. The van der Waals surface area contributed by atoms with E-state index in [0.29, 0.717) is 11.4 Å². The molecule has 0 unspecified atom stereocenters. The first kappa shape index (κ1) is 12.2. The third kappa shape index (κ3) is 1.97. The molecule has 1 N–H and O–H groups in total. The monoisotopic (exact) mass is 269 g/mol. The molecule has 3 rings (SSSR count). The fourth-order valence-electron chi connectivity index (χ4n) is 2.01. The third-order valence-corrected chi connectivity index (χ3v) is 2.99. The maximum atomic E-state index is 11.0. The van der Waals surface area contributed by atoms with Crippen molar-refractivity contribution >= 4 is 11.6 Å². The summed E-state index contributed by atoms with van der Waals surface area (Å²) < 4.78 is 7.05. The molecule has 0 aliphatic carbocycles. The lowest BCUT2D eigenvalue weighted by atomic mass is 10.1. The molecule has 0 radical (unpaired) electrons. The number of imidazole rings is 1. The fraction of sp³-hybridized carbons (Fsp3) is 0.0714. The van der Waals surface area contributed by atoms with Crippen LogP contribution >= 0.6 is 0 Å². The first-order valence-corrected chi connectivity index (χ1v) is 5.89. The van der Waals surface area contributed by atoms with E-state index in [9.17, 15) is 4.79 Å². The Morgan fingerprint density at radius 1 is 1.35 bits per heavy atom. The van der Waals surface area contributed by atoms with Gasteiger partial charge in [-0.1, -0.05) is 0 Å². The number of benzene rings is 1. The summed E-state index contributed by atoms with van der Waals surface area (Å²) in [4.78, 5) is 19.4. The van der Waals surface area contributed by atoms with Crippen molar-refractivity contribution in [1.82, 2.24) is 14.4 Å². The molecule has 6 nitrogen and oxygen atoms in total. The fourth-order valence-corrected chi connectivity index (χ4v) is 2.01. The molecular weight excluding hydrogens is 258 g/mol. The molecule has 100 valence electrons. The first-order chi connectivity index (χ1) is 9.69. The molecule has 0 aliphatic rings. The highest BCUT2D eigenvalue weighted by atomic mass is 16.5. The number of carboxylic acid groups (broad SMARTS) is 1. The van der Waals surface area contributed by atoms with E-state index >= 15 is 0 Å². The summed E-state index contributed by atoms with van der Waals surface area (Å²) >= 11 is 0. The molecule has 0 amide bonds. The zero-order valence-corrected chi connectivity index (χ0v) is 10.6. The van der Waals surface area contributed by atoms with Gasteiger partial charge in [0.25, 0.3) is 0 Å². The van der Waals surface area contributed by atoms with E-state index in [1.54, 1.807) is 29.1 Å². The third-order valence-electron chi connectivity index (χ3n) is 2.99. The summed E-state index contributed by atoms with van der Waals surface area (Å²) in [6.45, 7) is 0. The van der Waals surface area contributed by atoms with Gasteiger partial charge in [-0.2, -0.15) is 0 Å². The van der Waals surface area contributed by atoms with Crippen molar-refractivity contribution in [2.24, 2.45) is 0 Å². The topological polar surface area (TPSA) is 76.7 Å². The van der Waals surface area contributed by atoms with Crippen molar-refractivity contribution in [1.29, 1.82) is 0 Å². The molecule has 0 spiro atoms. The predicted molar refractivity (Wildman–Crippen MR) is 71.9 cm³/mol. The van der Waals surface area contributed by atoms with E-state index in [1.165, 1.54) is 19.2 Å². The van der Waals surface area contributed by atoms with Gasteiger partial charge in [0.1, 0.15) is 17.7 Å². The summed E-state index contributed by atoms with van der Waals surface area (Å²) in [5.74, 6) is -0.518. The van der Waals surface area contributed by atoms with Crippen LogP contribution < -0.4 is 4.74 Å². The number of carbonyl (C=O) groups is 1. The molecule has 0 atom stereocenters. The van der Waals surface area contributed by atoms with Crippen molar-refractivity contribution < 1.29 is 14.6 Å². The van der Waals surface area contributed by atoms with E-state index in [1.807, 2.05) is 6.20 Å². The van der Waals surface area contributed by atoms with Crippen LogP contribution in [0.3, 0.4) is 0 Å². The van der Waals surface area contributed by atoms with E-state index in [2.05, 4.69) is 9.97 Å². The van der Waals surface area contributed by atoms with E-state index in [4.69, 9.17) is 9.84 Å². The number of hydrogen-bond acceptors (Lipinski definition) is 4. The number of aromatic carboxylic acids is 1. The molecule has 0 aliphatic heterocycles. The van der Waals surface area contributed by atoms with Crippen LogP contribution in [0.15, 0.2) is 43.0 Å². The molecule has 2 aromatic heterocycles. The lowest BCUT2D eigenvalue weighted by Gasteiger charge is -2.07. The van der Waals surface area contributed by atoms with Gasteiger partial charge in [-0.05, 0) is 24.3 Å². The number of hydrogen-bond donors (Lipinski definition) is 1. The van der Waals surface area contributed by atoms with Gasteiger partial charge in [0.15, 0.2) is 0 Å². The smallest absolute Gasteiger partial charge is 0.335 e. The van der Waals surface area contributed by atoms with Crippen LogP contribution in [0.25, 0.3) is 16.9 Å².